The molecule has 0 aromatic heterocycles. The molecule has 1 aromatic carbocycles. The van der Waals surface area contributed by atoms with Gasteiger partial charge < -0.3 is 14.8 Å². The first-order valence-electron chi connectivity index (χ1n) is 5.51. The number of rotatable bonds is 6. The highest BCUT2D eigenvalue weighted by molar-refractivity contribution is 5.37. The van der Waals surface area contributed by atoms with Crippen LogP contribution in [0.3, 0.4) is 0 Å². The Labute approximate surface area is 97.8 Å². The molecule has 0 saturated heterocycles. The maximum atomic E-state index is 5.36. The summed E-state index contributed by atoms with van der Waals surface area (Å²) in [4.78, 5) is 0. The first-order valence-corrected chi connectivity index (χ1v) is 5.51. The Balaban J connectivity index is 2.80. The van der Waals surface area contributed by atoms with Crippen LogP contribution in [0.1, 0.15) is 11.1 Å². The Hall–Kier alpha value is -1.06. The predicted octanol–water partition coefficient (Wildman–Crippen LogP) is 1.78. The zero-order chi connectivity index (χ0) is 12.0. The summed E-state index contributed by atoms with van der Waals surface area (Å²) in [6.45, 7) is 2.79. The SMILES string of the molecule is CNC(COC)Cc1cc(C)ccc1OC. The molecule has 16 heavy (non-hydrogen) atoms. The van der Waals surface area contributed by atoms with E-state index < -0.39 is 0 Å². The molecule has 0 fully saturated rings. The van der Waals surface area contributed by atoms with E-state index in [0.29, 0.717) is 12.6 Å². The van der Waals surface area contributed by atoms with Crippen LogP contribution in [0.4, 0.5) is 0 Å². The standard InChI is InChI=1S/C13H21NO2/c1-10-5-6-13(16-4)11(7-10)8-12(14-2)9-15-3/h5-7,12,14H,8-9H2,1-4H3. The summed E-state index contributed by atoms with van der Waals surface area (Å²) >= 11 is 0. The number of benzene rings is 1. The van der Waals surface area contributed by atoms with Crippen molar-refractivity contribution in [2.75, 3.05) is 27.9 Å². The fourth-order valence-electron chi connectivity index (χ4n) is 1.78. The molecule has 0 spiro atoms. The lowest BCUT2D eigenvalue weighted by Gasteiger charge is -2.17. The molecule has 0 aliphatic rings. The van der Waals surface area contributed by atoms with E-state index >= 15 is 0 Å². The highest BCUT2D eigenvalue weighted by Crippen LogP contribution is 2.21. The monoisotopic (exact) mass is 223 g/mol. The summed E-state index contributed by atoms with van der Waals surface area (Å²) in [5.74, 6) is 0.946. The van der Waals surface area contributed by atoms with Crippen molar-refractivity contribution >= 4 is 0 Å². The number of ether oxygens (including phenoxy) is 2. The van der Waals surface area contributed by atoms with Crippen LogP contribution in [0, 0.1) is 6.92 Å². The van der Waals surface area contributed by atoms with Crippen LogP contribution in [0.5, 0.6) is 5.75 Å². The van der Waals surface area contributed by atoms with Crippen molar-refractivity contribution in [2.45, 2.75) is 19.4 Å². The minimum absolute atomic E-state index is 0.320. The predicted molar refractivity (Wildman–Crippen MR) is 66.2 cm³/mol. The molecule has 0 radical (unpaired) electrons. The largest absolute Gasteiger partial charge is 0.496 e. The van der Waals surface area contributed by atoms with Gasteiger partial charge >= 0.3 is 0 Å². The van der Waals surface area contributed by atoms with Crippen LogP contribution in [-0.4, -0.2) is 33.9 Å². The molecular weight excluding hydrogens is 202 g/mol. The van der Waals surface area contributed by atoms with Gasteiger partial charge in [-0.3, -0.25) is 0 Å². The van der Waals surface area contributed by atoms with E-state index in [9.17, 15) is 0 Å². The van der Waals surface area contributed by atoms with E-state index in [1.807, 2.05) is 13.1 Å². The zero-order valence-corrected chi connectivity index (χ0v) is 10.5. The van der Waals surface area contributed by atoms with Gasteiger partial charge in [0.2, 0.25) is 0 Å². The maximum Gasteiger partial charge on any atom is 0.122 e. The van der Waals surface area contributed by atoms with E-state index in [4.69, 9.17) is 9.47 Å². The van der Waals surface area contributed by atoms with Gasteiger partial charge in [-0.25, -0.2) is 0 Å². The van der Waals surface area contributed by atoms with Crippen LogP contribution >= 0.6 is 0 Å². The van der Waals surface area contributed by atoms with Gasteiger partial charge in [0.1, 0.15) is 5.75 Å². The number of likely N-dealkylation sites (N-methyl/N-ethyl adjacent to an activating group) is 1. The quantitative estimate of drug-likeness (QED) is 0.797. The van der Waals surface area contributed by atoms with E-state index in [1.165, 1.54) is 11.1 Å². The second kappa shape index (κ2) is 6.51. The molecular formula is C13H21NO2. The maximum absolute atomic E-state index is 5.36. The molecule has 3 nitrogen and oxygen atoms in total. The molecule has 3 heteroatoms. The van der Waals surface area contributed by atoms with Gasteiger partial charge in [-0.2, -0.15) is 0 Å². The molecule has 1 aromatic rings. The summed E-state index contributed by atoms with van der Waals surface area (Å²) in [6.07, 6.45) is 0.912. The Morgan fingerprint density at radius 2 is 2.06 bits per heavy atom. The van der Waals surface area contributed by atoms with Gasteiger partial charge in [0.15, 0.2) is 0 Å². The van der Waals surface area contributed by atoms with Gasteiger partial charge in [0, 0.05) is 13.2 Å². The van der Waals surface area contributed by atoms with Crippen molar-refractivity contribution in [3.63, 3.8) is 0 Å². The van der Waals surface area contributed by atoms with Crippen molar-refractivity contribution in [1.29, 1.82) is 0 Å². The molecule has 90 valence electrons. The Bertz CT molecular complexity index is 326. The van der Waals surface area contributed by atoms with Crippen LogP contribution in [0.25, 0.3) is 0 Å². The molecule has 1 rings (SSSR count). The van der Waals surface area contributed by atoms with Gasteiger partial charge in [-0.05, 0) is 32.0 Å². The van der Waals surface area contributed by atoms with Gasteiger partial charge in [0.05, 0.1) is 13.7 Å². The van der Waals surface area contributed by atoms with E-state index in [-0.39, 0.29) is 0 Å². The molecule has 0 saturated carbocycles. The number of methoxy groups -OCH3 is 2. The summed E-state index contributed by atoms with van der Waals surface area (Å²) in [5, 5.41) is 3.24. The van der Waals surface area contributed by atoms with Crippen molar-refractivity contribution in [3.05, 3.63) is 29.3 Å². The molecule has 0 aliphatic heterocycles. The average Bonchev–Trinajstić information content (AvgIpc) is 2.29. The number of hydrogen-bond acceptors (Lipinski definition) is 3. The number of aryl methyl sites for hydroxylation is 1. The molecule has 1 atom stereocenters. The Morgan fingerprint density at radius 1 is 1.31 bits per heavy atom. The second-order valence-corrected chi connectivity index (χ2v) is 3.96. The lowest BCUT2D eigenvalue weighted by molar-refractivity contribution is 0.169. The van der Waals surface area contributed by atoms with Crippen LogP contribution in [0.15, 0.2) is 18.2 Å². The van der Waals surface area contributed by atoms with Gasteiger partial charge in [0.25, 0.3) is 0 Å². The Morgan fingerprint density at radius 3 is 2.62 bits per heavy atom. The van der Waals surface area contributed by atoms with Crippen molar-refractivity contribution in [3.8, 4) is 5.75 Å². The second-order valence-electron chi connectivity index (χ2n) is 3.96. The third-order valence-corrected chi connectivity index (χ3v) is 2.68. The zero-order valence-electron chi connectivity index (χ0n) is 10.5. The van der Waals surface area contributed by atoms with E-state index in [1.54, 1.807) is 14.2 Å². The van der Waals surface area contributed by atoms with Crippen molar-refractivity contribution in [1.82, 2.24) is 5.32 Å². The first kappa shape index (κ1) is 13.0. The van der Waals surface area contributed by atoms with Crippen LogP contribution in [-0.2, 0) is 11.2 Å². The van der Waals surface area contributed by atoms with Crippen molar-refractivity contribution < 1.29 is 9.47 Å². The molecule has 1 N–H and O–H groups in total. The highest BCUT2D eigenvalue weighted by Gasteiger charge is 2.10. The van der Waals surface area contributed by atoms with Crippen LogP contribution < -0.4 is 10.1 Å². The minimum Gasteiger partial charge on any atom is -0.496 e. The fraction of sp³-hybridized carbons (Fsp3) is 0.538. The molecule has 0 amide bonds. The van der Waals surface area contributed by atoms with Gasteiger partial charge in [-0.1, -0.05) is 17.7 Å². The summed E-state index contributed by atoms with van der Waals surface area (Å²) < 4.78 is 10.5. The lowest BCUT2D eigenvalue weighted by Crippen LogP contribution is -2.32. The minimum atomic E-state index is 0.320. The van der Waals surface area contributed by atoms with Crippen molar-refractivity contribution in [2.24, 2.45) is 0 Å². The highest BCUT2D eigenvalue weighted by atomic mass is 16.5. The van der Waals surface area contributed by atoms with E-state index in [0.717, 1.165) is 12.2 Å². The van der Waals surface area contributed by atoms with Crippen LogP contribution in [0.2, 0.25) is 0 Å². The smallest absolute Gasteiger partial charge is 0.122 e. The molecule has 1 unspecified atom stereocenters. The number of nitrogens with one attached hydrogen (secondary N) is 1. The van der Waals surface area contributed by atoms with E-state index in [2.05, 4.69) is 24.4 Å². The first-order chi connectivity index (χ1) is 7.71. The summed E-state index contributed by atoms with van der Waals surface area (Å²) in [6, 6.07) is 6.57. The molecule has 0 bridgehead atoms. The van der Waals surface area contributed by atoms with Gasteiger partial charge in [-0.15, -0.1) is 0 Å². The molecule has 0 heterocycles. The summed E-state index contributed by atoms with van der Waals surface area (Å²) in [7, 11) is 5.38. The normalized spacial score (nSPS) is 12.5. The average molecular weight is 223 g/mol. The third kappa shape index (κ3) is 3.51. The summed E-state index contributed by atoms with van der Waals surface area (Å²) in [5.41, 5.74) is 2.47. The fourth-order valence-corrected chi connectivity index (χ4v) is 1.78. The third-order valence-electron chi connectivity index (χ3n) is 2.68. The number of hydrogen-bond donors (Lipinski definition) is 1. The lowest BCUT2D eigenvalue weighted by atomic mass is 10.0. The topological polar surface area (TPSA) is 30.5 Å². The Kier molecular flexibility index (Phi) is 5.29. The molecule has 0 aliphatic carbocycles.